The lowest BCUT2D eigenvalue weighted by molar-refractivity contribution is -0.156. The molecule has 6 nitrogen and oxygen atoms in total. The van der Waals surface area contributed by atoms with Crippen LogP contribution in [0.4, 0.5) is 0 Å². The van der Waals surface area contributed by atoms with Crippen LogP contribution in [0.2, 0.25) is 0 Å². The van der Waals surface area contributed by atoms with Crippen molar-refractivity contribution in [2.45, 2.75) is 58.4 Å². The van der Waals surface area contributed by atoms with Crippen LogP contribution in [-0.2, 0) is 14.4 Å². The molecule has 0 radical (unpaired) electrons. The number of carbonyl (C=O) groups excluding carboxylic acids is 2. The summed E-state index contributed by atoms with van der Waals surface area (Å²) >= 11 is 0. The molecule has 1 rings (SSSR count). The lowest BCUT2D eigenvalue weighted by Gasteiger charge is -2.35. The lowest BCUT2D eigenvalue weighted by atomic mass is 9.71. The zero-order valence-electron chi connectivity index (χ0n) is 12.2. The second-order valence-corrected chi connectivity index (χ2v) is 5.90. The van der Waals surface area contributed by atoms with Crippen LogP contribution >= 0.6 is 0 Å². The van der Waals surface area contributed by atoms with Crippen molar-refractivity contribution >= 4 is 17.8 Å². The maximum absolute atomic E-state index is 12.4. The van der Waals surface area contributed by atoms with Crippen molar-refractivity contribution in [1.29, 1.82) is 0 Å². The third-order valence-corrected chi connectivity index (χ3v) is 4.02. The van der Waals surface area contributed by atoms with E-state index in [1.165, 1.54) is 4.90 Å². The first-order valence-corrected chi connectivity index (χ1v) is 7.10. The molecule has 1 aliphatic rings. The SMILES string of the molecule is CC(C)N(CC(N)=O)C(=O)CC1(C(=O)O)CCCCC1. The van der Waals surface area contributed by atoms with Gasteiger partial charge in [0, 0.05) is 12.5 Å². The number of carboxylic acids is 1. The Morgan fingerprint density at radius 1 is 1.20 bits per heavy atom. The van der Waals surface area contributed by atoms with E-state index in [9.17, 15) is 19.5 Å². The number of carboxylic acid groups (broad SMARTS) is 1. The summed E-state index contributed by atoms with van der Waals surface area (Å²) in [5, 5.41) is 9.48. The number of carbonyl (C=O) groups is 3. The van der Waals surface area contributed by atoms with Gasteiger partial charge in [0.2, 0.25) is 11.8 Å². The van der Waals surface area contributed by atoms with Crippen LogP contribution < -0.4 is 5.73 Å². The first kappa shape index (κ1) is 16.5. The molecule has 6 heteroatoms. The van der Waals surface area contributed by atoms with Crippen LogP contribution in [0.15, 0.2) is 0 Å². The Morgan fingerprint density at radius 2 is 1.75 bits per heavy atom. The Hall–Kier alpha value is -1.59. The minimum Gasteiger partial charge on any atom is -0.481 e. The first-order chi connectivity index (χ1) is 9.28. The number of hydrogen-bond donors (Lipinski definition) is 2. The largest absolute Gasteiger partial charge is 0.481 e. The highest BCUT2D eigenvalue weighted by Gasteiger charge is 2.42. The Bertz CT molecular complexity index is 387. The minimum atomic E-state index is -0.972. The van der Waals surface area contributed by atoms with Gasteiger partial charge in [0.1, 0.15) is 0 Å². The number of amides is 2. The standard InChI is InChI=1S/C14H24N2O4/c1-10(2)16(9-11(15)17)12(18)8-14(13(19)20)6-4-3-5-7-14/h10H,3-9H2,1-2H3,(H2,15,17)(H,19,20). The van der Waals surface area contributed by atoms with Gasteiger partial charge in [-0.1, -0.05) is 19.3 Å². The third-order valence-electron chi connectivity index (χ3n) is 4.02. The molecular formula is C14H24N2O4. The number of rotatable bonds is 6. The van der Waals surface area contributed by atoms with E-state index in [1.807, 2.05) is 0 Å². The van der Waals surface area contributed by atoms with E-state index in [-0.39, 0.29) is 24.9 Å². The molecule has 20 heavy (non-hydrogen) atoms. The lowest BCUT2D eigenvalue weighted by Crippen LogP contribution is -2.46. The van der Waals surface area contributed by atoms with E-state index in [2.05, 4.69) is 0 Å². The number of aliphatic carboxylic acids is 1. The quantitative estimate of drug-likeness (QED) is 0.763. The van der Waals surface area contributed by atoms with Gasteiger partial charge in [-0.05, 0) is 26.7 Å². The molecule has 0 aromatic carbocycles. The predicted octanol–water partition coefficient (Wildman–Crippen LogP) is 1.13. The van der Waals surface area contributed by atoms with Gasteiger partial charge in [-0.15, -0.1) is 0 Å². The molecule has 0 heterocycles. The van der Waals surface area contributed by atoms with Crippen molar-refractivity contribution in [2.75, 3.05) is 6.54 Å². The van der Waals surface area contributed by atoms with Crippen molar-refractivity contribution in [2.24, 2.45) is 11.1 Å². The Balaban J connectivity index is 2.83. The van der Waals surface area contributed by atoms with Crippen LogP contribution in [0.25, 0.3) is 0 Å². The second-order valence-electron chi connectivity index (χ2n) is 5.90. The Kier molecular flexibility index (Phi) is 5.53. The fraction of sp³-hybridized carbons (Fsp3) is 0.786. The first-order valence-electron chi connectivity index (χ1n) is 7.10. The summed E-state index contributed by atoms with van der Waals surface area (Å²) in [5.41, 5.74) is 4.17. The van der Waals surface area contributed by atoms with Crippen LogP contribution in [0.5, 0.6) is 0 Å². The summed E-state index contributed by atoms with van der Waals surface area (Å²) in [5.74, 6) is -1.79. The summed E-state index contributed by atoms with van der Waals surface area (Å²) in [7, 11) is 0. The van der Waals surface area contributed by atoms with Crippen LogP contribution in [0.1, 0.15) is 52.4 Å². The molecule has 114 valence electrons. The average Bonchev–Trinajstić information content (AvgIpc) is 2.36. The molecule has 0 aromatic heterocycles. The van der Waals surface area contributed by atoms with Gasteiger partial charge in [0.25, 0.3) is 0 Å². The number of primary amides is 1. The number of nitrogens with zero attached hydrogens (tertiary/aromatic N) is 1. The Labute approximate surface area is 119 Å². The van der Waals surface area contributed by atoms with E-state index in [0.29, 0.717) is 12.8 Å². The maximum atomic E-state index is 12.4. The van der Waals surface area contributed by atoms with Crippen molar-refractivity contribution in [3.63, 3.8) is 0 Å². The molecule has 0 aliphatic heterocycles. The monoisotopic (exact) mass is 284 g/mol. The number of nitrogens with two attached hydrogens (primary N) is 1. The average molecular weight is 284 g/mol. The fourth-order valence-electron chi connectivity index (χ4n) is 2.81. The van der Waals surface area contributed by atoms with E-state index in [4.69, 9.17) is 5.73 Å². The zero-order chi connectivity index (χ0) is 15.3. The topological polar surface area (TPSA) is 101 Å². The summed E-state index contributed by atoms with van der Waals surface area (Å²) in [6.07, 6.45) is 3.67. The highest BCUT2D eigenvalue weighted by Crippen LogP contribution is 2.40. The number of hydrogen-bond acceptors (Lipinski definition) is 3. The maximum Gasteiger partial charge on any atom is 0.310 e. The summed E-state index contributed by atoms with van der Waals surface area (Å²) in [4.78, 5) is 36.3. The van der Waals surface area contributed by atoms with Crippen molar-refractivity contribution in [1.82, 2.24) is 4.90 Å². The molecule has 0 spiro atoms. The van der Waals surface area contributed by atoms with Gasteiger partial charge in [-0.2, -0.15) is 0 Å². The van der Waals surface area contributed by atoms with Gasteiger partial charge < -0.3 is 15.7 Å². The van der Waals surface area contributed by atoms with E-state index in [0.717, 1.165) is 19.3 Å². The zero-order valence-corrected chi connectivity index (χ0v) is 12.2. The van der Waals surface area contributed by atoms with Crippen molar-refractivity contribution in [3.8, 4) is 0 Å². The highest BCUT2D eigenvalue weighted by molar-refractivity contribution is 5.88. The molecule has 3 N–H and O–H groups in total. The van der Waals surface area contributed by atoms with Crippen LogP contribution in [-0.4, -0.2) is 40.4 Å². The second kappa shape index (κ2) is 6.72. The van der Waals surface area contributed by atoms with Gasteiger partial charge in [-0.3, -0.25) is 14.4 Å². The van der Waals surface area contributed by atoms with Crippen molar-refractivity contribution in [3.05, 3.63) is 0 Å². The molecule has 1 saturated carbocycles. The van der Waals surface area contributed by atoms with E-state index in [1.54, 1.807) is 13.8 Å². The molecule has 1 fully saturated rings. The van der Waals surface area contributed by atoms with Gasteiger partial charge in [0.05, 0.1) is 12.0 Å². The summed E-state index contributed by atoms with van der Waals surface area (Å²) in [6, 6.07) is -0.176. The Morgan fingerprint density at radius 3 is 2.15 bits per heavy atom. The fourth-order valence-corrected chi connectivity index (χ4v) is 2.81. The molecule has 0 saturated heterocycles. The molecule has 0 unspecified atom stereocenters. The third kappa shape index (κ3) is 3.95. The molecule has 0 aromatic rings. The highest BCUT2D eigenvalue weighted by atomic mass is 16.4. The molecule has 0 bridgehead atoms. The minimum absolute atomic E-state index is 0.0478. The predicted molar refractivity (Wildman–Crippen MR) is 73.8 cm³/mol. The van der Waals surface area contributed by atoms with Crippen LogP contribution in [0.3, 0.4) is 0 Å². The van der Waals surface area contributed by atoms with Gasteiger partial charge >= 0.3 is 5.97 Å². The van der Waals surface area contributed by atoms with E-state index < -0.39 is 17.3 Å². The smallest absolute Gasteiger partial charge is 0.310 e. The summed E-state index contributed by atoms with van der Waals surface area (Å²) in [6.45, 7) is 3.41. The summed E-state index contributed by atoms with van der Waals surface area (Å²) < 4.78 is 0. The van der Waals surface area contributed by atoms with Crippen molar-refractivity contribution < 1.29 is 19.5 Å². The molecule has 0 atom stereocenters. The van der Waals surface area contributed by atoms with E-state index >= 15 is 0 Å². The molecular weight excluding hydrogens is 260 g/mol. The van der Waals surface area contributed by atoms with Crippen LogP contribution in [0, 0.1) is 5.41 Å². The normalized spacial score (nSPS) is 17.8. The molecule has 1 aliphatic carbocycles. The van der Waals surface area contributed by atoms with Gasteiger partial charge in [-0.25, -0.2) is 0 Å². The molecule has 2 amide bonds. The van der Waals surface area contributed by atoms with Gasteiger partial charge in [0.15, 0.2) is 0 Å².